The average Bonchev–Trinajstić information content (AvgIpc) is 3.26. The van der Waals surface area contributed by atoms with Crippen molar-refractivity contribution in [3.8, 4) is 10.6 Å². The lowest BCUT2D eigenvalue weighted by Crippen LogP contribution is -2.49. The van der Waals surface area contributed by atoms with Gasteiger partial charge in [0.05, 0.1) is 5.69 Å². The van der Waals surface area contributed by atoms with Gasteiger partial charge in [0.2, 0.25) is 4.96 Å². The Morgan fingerprint density at radius 1 is 1.06 bits per heavy atom. The van der Waals surface area contributed by atoms with Gasteiger partial charge < -0.3 is 10.2 Å². The standard InChI is InChI=1S/C23H20ClFN6O2S/c24-16-3-1-15(2-4-16)21-28-31-20(32)13-19(27-23(31)34-21)14-29-9-11-30(12-10-29)22(33)26-18-7-5-17(25)6-8-18/h1-8,13H,9-12,14H2,(H,26,33). The smallest absolute Gasteiger partial charge is 0.321 e. The van der Waals surface area contributed by atoms with Gasteiger partial charge in [-0.3, -0.25) is 9.69 Å². The number of aromatic nitrogens is 3. The topological polar surface area (TPSA) is 82.8 Å². The van der Waals surface area contributed by atoms with Gasteiger partial charge in [0.25, 0.3) is 5.56 Å². The molecule has 4 aromatic rings. The Bertz CT molecular complexity index is 1380. The van der Waals surface area contributed by atoms with Gasteiger partial charge in [0.1, 0.15) is 10.8 Å². The van der Waals surface area contributed by atoms with Crippen LogP contribution in [0.5, 0.6) is 0 Å². The Morgan fingerprint density at radius 3 is 2.47 bits per heavy atom. The number of rotatable bonds is 4. The molecule has 0 atom stereocenters. The van der Waals surface area contributed by atoms with Gasteiger partial charge in [-0.15, -0.1) is 0 Å². The van der Waals surface area contributed by atoms with Crippen molar-refractivity contribution in [2.45, 2.75) is 6.54 Å². The van der Waals surface area contributed by atoms with E-state index in [9.17, 15) is 14.0 Å². The number of urea groups is 1. The number of hydrogen-bond acceptors (Lipinski definition) is 6. The highest BCUT2D eigenvalue weighted by atomic mass is 35.5. The summed E-state index contributed by atoms with van der Waals surface area (Å²) in [5, 5.41) is 8.51. The number of nitrogens with zero attached hydrogens (tertiary/aromatic N) is 5. The number of nitrogens with one attached hydrogen (secondary N) is 1. The summed E-state index contributed by atoms with van der Waals surface area (Å²) >= 11 is 7.30. The van der Waals surface area contributed by atoms with Gasteiger partial charge in [-0.1, -0.05) is 35.1 Å². The molecule has 1 saturated heterocycles. The minimum Gasteiger partial charge on any atom is -0.322 e. The van der Waals surface area contributed by atoms with Crippen molar-refractivity contribution in [2.24, 2.45) is 0 Å². The van der Waals surface area contributed by atoms with E-state index < -0.39 is 0 Å². The summed E-state index contributed by atoms with van der Waals surface area (Å²) in [5.74, 6) is -0.349. The van der Waals surface area contributed by atoms with Crippen molar-refractivity contribution >= 4 is 39.6 Å². The van der Waals surface area contributed by atoms with E-state index in [2.05, 4.69) is 20.3 Å². The van der Waals surface area contributed by atoms with E-state index in [4.69, 9.17) is 11.6 Å². The maximum Gasteiger partial charge on any atom is 0.321 e. The SMILES string of the molecule is O=C(Nc1ccc(F)cc1)N1CCN(Cc2cc(=O)n3nc(-c4ccc(Cl)cc4)sc3n2)CC1. The molecule has 0 spiro atoms. The van der Waals surface area contributed by atoms with Gasteiger partial charge in [-0.2, -0.15) is 9.61 Å². The number of fused-ring (bicyclic) bond motifs is 1. The lowest BCUT2D eigenvalue weighted by Gasteiger charge is -2.34. The Hall–Kier alpha value is -3.34. The molecule has 34 heavy (non-hydrogen) atoms. The molecule has 3 heterocycles. The number of carbonyl (C=O) groups is 1. The Kier molecular flexibility index (Phi) is 6.27. The molecule has 1 fully saturated rings. The number of hydrogen-bond donors (Lipinski definition) is 1. The highest BCUT2D eigenvalue weighted by Crippen LogP contribution is 2.25. The maximum atomic E-state index is 13.0. The molecule has 0 unspecified atom stereocenters. The second kappa shape index (κ2) is 9.49. The van der Waals surface area contributed by atoms with Crippen LogP contribution in [-0.4, -0.2) is 56.6 Å². The molecule has 1 aliphatic rings. The average molecular weight is 499 g/mol. The molecule has 0 radical (unpaired) electrons. The quantitative estimate of drug-likeness (QED) is 0.460. The van der Waals surface area contributed by atoms with Crippen molar-refractivity contribution in [2.75, 3.05) is 31.5 Å². The van der Waals surface area contributed by atoms with Crippen LogP contribution < -0.4 is 10.9 Å². The fourth-order valence-electron chi connectivity index (χ4n) is 3.72. The Balaban J connectivity index is 1.22. The van der Waals surface area contributed by atoms with Crippen LogP contribution >= 0.6 is 22.9 Å². The first-order valence-corrected chi connectivity index (χ1v) is 11.8. The van der Waals surface area contributed by atoms with Crippen LogP contribution in [0.25, 0.3) is 15.5 Å². The van der Waals surface area contributed by atoms with Crippen molar-refractivity contribution in [1.29, 1.82) is 0 Å². The van der Waals surface area contributed by atoms with Crippen LogP contribution in [0.3, 0.4) is 0 Å². The molecule has 174 valence electrons. The van der Waals surface area contributed by atoms with E-state index in [1.807, 2.05) is 12.1 Å². The molecular formula is C23H20ClFN6O2S. The van der Waals surface area contributed by atoms with Crippen molar-refractivity contribution < 1.29 is 9.18 Å². The molecule has 2 amide bonds. The predicted octanol–water partition coefficient (Wildman–Crippen LogP) is 3.96. The van der Waals surface area contributed by atoms with E-state index in [1.165, 1.54) is 46.2 Å². The molecule has 0 bridgehead atoms. The summed E-state index contributed by atoms with van der Waals surface area (Å²) in [6, 6.07) is 14.2. The minimum atomic E-state index is -0.349. The number of amides is 2. The second-order valence-electron chi connectivity index (χ2n) is 7.89. The third kappa shape index (κ3) is 4.93. The maximum absolute atomic E-state index is 13.0. The highest BCUT2D eigenvalue weighted by molar-refractivity contribution is 7.19. The zero-order valence-corrected chi connectivity index (χ0v) is 19.5. The second-order valence-corrected chi connectivity index (χ2v) is 9.29. The number of anilines is 1. The first kappa shape index (κ1) is 22.5. The molecule has 5 rings (SSSR count). The van der Waals surface area contributed by atoms with Crippen LogP contribution in [0.15, 0.2) is 59.4 Å². The largest absolute Gasteiger partial charge is 0.322 e. The predicted molar refractivity (Wildman–Crippen MR) is 130 cm³/mol. The third-order valence-electron chi connectivity index (χ3n) is 5.53. The molecule has 8 nitrogen and oxygen atoms in total. The number of carbonyl (C=O) groups excluding carboxylic acids is 1. The summed E-state index contributed by atoms with van der Waals surface area (Å²) in [7, 11) is 0. The summed E-state index contributed by atoms with van der Waals surface area (Å²) in [5.41, 5.74) is 1.86. The zero-order valence-electron chi connectivity index (χ0n) is 17.9. The highest BCUT2D eigenvalue weighted by Gasteiger charge is 2.22. The monoisotopic (exact) mass is 498 g/mol. The van der Waals surface area contributed by atoms with Crippen molar-refractivity contribution in [3.05, 3.63) is 81.5 Å². The molecular weight excluding hydrogens is 479 g/mol. The third-order valence-corrected chi connectivity index (χ3v) is 6.74. The zero-order chi connectivity index (χ0) is 23.7. The van der Waals surface area contributed by atoms with Crippen LogP contribution in [0, 0.1) is 5.82 Å². The normalized spacial score (nSPS) is 14.5. The van der Waals surface area contributed by atoms with Gasteiger partial charge in [0.15, 0.2) is 0 Å². The van der Waals surface area contributed by atoms with E-state index in [0.29, 0.717) is 59.1 Å². The fourth-order valence-corrected chi connectivity index (χ4v) is 4.78. The molecule has 0 aliphatic carbocycles. The Labute approximate surface area is 203 Å². The van der Waals surface area contributed by atoms with Crippen LogP contribution in [-0.2, 0) is 6.54 Å². The molecule has 2 aromatic heterocycles. The van der Waals surface area contributed by atoms with Crippen molar-refractivity contribution in [3.63, 3.8) is 0 Å². The summed E-state index contributed by atoms with van der Waals surface area (Å²) < 4.78 is 14.4. The van der Waals surface area contributed by atoms with Crippen molar-refractivity contribution in [1.82, 2.24) is 24.4 Å². The van der Waals surface area contributed by atoms with Crippen LogP contribution in [0.4, 0.5) is 14.9 Å². The first-order valence-electron chi connectivity index (χ1n) is 10.6. The molecule has 2 aromatic carbocycles. The Morgan fingerprint density at radius 2 is 1.76 bits per heavy atom. The minimum absolute atomic E-state index is 0.219. The van der Waals surface area contributed by atoms with E-state index in [0.717, 1.165) is 5.56 Å². The van der Waals surface area contributed by atoms with Gasteiger partial charge in [-0.05, 0) is 36.4 Å². The molecule has 0 saturated carbocycles. The van der Waals surface area contributed by atoms with Crippen LogP contribution in [0.2, 0.25) is 5.02 Å². The van der Waals surface area contributed by atoms with E-state index >= 15 is 0 Å². The first-order chi connectivity index (χ1) is 16.4. The molecule has 1 aliphatic heterocycles. The van der Waals surface area contributed by atoms with Gasteiger partial charge >= 0.3 is 6.03 Å². The van der Waals surface area contributed by atoms with Crippen LogP contribution in [0.1, 0.15) is 5.69 Å². The number of halogens is 2. The van der Waals surface area contributed by atoms with E-state index in [-0.39, 0.29) is 17.4 Å². The van der Waals surface area contributed by atoms with E-state index in [1.54, 1.807) is 17.0 Å². The van der Waals surface area contributed by atoms with Gasteiger partial charge in [0, 0.05) is 55.1 Å². The summed E-state index contributed by atoms with van der Waals surface area (Å²) in [6.45, 7) is 2.88. The van der Waals surface area contributed by atoms with Gasteiger partial charge in [-0.25, -0.2) is 14.2 Å². The lowest BCUT2D eigenvalue weighted by molar-refractivity contribution is 0.142. The lowest BCUT2D eigenvalue weighted by atomic mass is 10.2. The summed E-state index contributed by atoms with van der Waals surface area (Å²) in [4.78, 5) is 34.1. The number of benzene rings is 2. The molecule has 11 heteroatoms. The fraction of sp³-hybridized carbons (Fsp3) is 0.217. The molecule has 1 N–H and O–H groups in total. The number of piperazine rings is 1. The summed E-state index contributed by atoms with van der Waals surface area (Å²) in [6.07, 6.45) is 0.